The van der Waals surface area contributed by atoms with Gasteiger partial charge in [-0.1, -0.05) is 0 Å². The van der Waals surface area contributed by atoms with E-state index in [0.717, 1.165) is 13.1 Å². The number of rotatable bonds is 6. The van der Waals surface area contributed by atoms with E-state index in [1.54, 1.807) is 6.92 Å². The van der Waals surface area contributed by atoms with Crippen LogP contribution in [0.2, 0.25) is 0 Å². The molecule has 0 aliphatic carbocycles. The van der Waals surface area contributed by atoms with Gasteiger partial charge in [0.05, 0.1) is 11.6 Å². The number of aromatic hydroxyl groups is 1. The van der Waals surface area contributed by atoms with E-state index >= 15 is 0 Å². The average molecular weight is 398 g/mol. The molecule has 7 heteroatoms. The van der Waals surface area contributed by atoms with Crippen molar-refractivity contribution in [1.29, 1.82) is 0 Å². The van der Waals surface area contributed by atoms with E-state index in [9.17, 15) is 19.1 Å². The van der Waals surface area contributed by atoms with Crippen molar-refractivity contribution < 1.29 is 19.1 Å². The second-order valence-corrected chi connectivity index (χ2v) is 7.74. The number of halogens is 1. The van der Waals surface area contributed by atoms with Gasteiger partial charge >= 0.3 is 0 Å². The molecular weight excluding hydrogens is 373 g/mol. The molecule has 3 heterocycles. The minimum absolute atomic E-state index is 0.120. The lowest BCUT2D eigenvalue weighted by atomic mass is 9.83. The molecule has 1 aliphatic heterocycles. The predicted octanol–water partition coefficient (Wildman–Crippen LogP) is 3.30. The van der Waals surface area contributed by atoms with Crippen LogP contribution in [0.5, 0.6) is 5.75 Å². The van der Waals surface area contributed by atoms with E-state index in [1.807, 2.05) is 0 Å². The fourth-order valence-corrected chi connectivity index (χ4v) is 3.71. The molecule has 153 valence electrons. The molecule has 1 radical (unpaired) electrons. The number of nitrogens with zero attached hydrogens (tertiary/aromatic N) is 3. The van der Waals surface area contributed by atoms with E-state index in [2.05, 4.69) is 34.9 Å². The summed E-state index contributed by atoms with van der Waals surface area (Å²) >= 11 is 0. The van der Waals surface area contributed by atoms with Crippen LogP contribution in [0, 0.1) is 23.8 Å². The van der Waals surface area contributed by atoms with Gasteiger partial charge in [0, 0.05) is 23.7 Å². The van der Waals surface area contributed by atoms with Crippen molar-refractivity contribution in [2.45, 2.75) is 39.7 Å². The second kappa shape index (κ2) is 8.78. The van der Waals surface area contributed by atoms with Gasteiger partial charge in [-0.15, -0.1) is 0 Å². The van der Waals surface area contributed by atoms with Crippen molar-refractivity contribution in [2.75, 3.05) is 13.1 Å². The molecule has 2 aromatic rings. The molecule has 3 rings (SSSR count). The second-order valence-electron chi connectivity index (χ2n) is 7.74. The minimum Gasteiger partial charge on any atom is -0.506 e. The normalized spacial score (nSPS) is 16.7. The zero-order valence-corrected chi connectivity index (χ0v) is 16.9. The summed E-state index contributed by atoms with van der Waals surface area (Å²) in [5.74, 6) is -2.82. The van der Waals surface area contributed by atoms with Crippen LogP contribution in [0.3, 0.4) is 0 Å². The Morgan fingerprint density at radius 3 is 2.52 bits per heavy atom. The molecule has 1 N–H and O–H groups in total. The van der Waals surface area contributed by atoms with Gasteiger partial charge in [0.1, 0.15) is 23.4 Å². The number of likely N-dealkylation sites (tertiary alicyclic amines) is 1. The monoisotopic (exact) mass is 398 g/mol. The molecule has 0 bridgehead atoms. The van der Waals surface area contributed by atoms with Gasteiger partial charge in [0.2, 0.25) is 0 Å². The predicted molar refractivity (Wildman–Crippen MR) is 106 cm³/mol. The maximum absolute atomic E-state index is 14.0. The third kappa shape index (κ3) is 4.50. The van der Waals surface area contributed by atoms with Crippen LogP contribution in [0.15, 0.2) is 24.4 Å². The topological polar surface area (TPSA) is 83.4 Å². The summed E-state index contributed by atoms with van der Waals surface area (Å²) in [5, 5.41) is 10.1. The Hall–Kier alpha value is -2.67. The maximum atomic E-state index is 14.0. The summed E-state index contributed by atoms with van der Waals surface area (Å²) in [7, 11) is 0. The average Bonchev–Trinajstić information content (AvgIpc) is 2.73. The number of hydrogen-bond donors (Lipinski definition) is 1. The summed E-state index contributed by atoms with van der Waals surface area (Å²) in [6, 6.07) is 4.54. The number of carbonyl (C=O) groups excluding carboxylic acids is 2. The van der Waals surface area contributed by atoms with Crippen molar-refractivity contribution in [3.63, 3.8) is 0 Å². The Balaban J connectivity index is 1.78. The number of pyridine rings is 2. The van der Waals surface area contributed by atoms with Crippen molar-refractivity contribution in [2.24, 2.45) is 11.8 Å². The van der Waals surface area contributed by atoms with Crippen LogP contribution >= 0.6 is 0 Å². The highest BCUT2D eigenvalue weighted by molar-refractivity contribution is 6.11. The molecule has 1 atom stereocenters. The number of Topliss-reactive ketones (excluding diaryl/α,β-unsaturated/α-hetero) is 2. The highest BCUT2D eigenvalue weighted by atomic mass is 19.1. The first-order valence-corrected chi connectivity index (χ1v) is 9.84. The van der Waals surface area contributed by atoms with E-state index in [1.165, 1.54) is 24.4 Å². The molecule has 0 aromatic carbocycles. The van der Waals surface area contributed by atoms with Crippen molar-refractivity contribution in [3.8, 4) is 17.0 Å². The Bertz CT molecular complexity index is 908. The number of piperidine rings is 1. The van der Waals surface area contributed by atoms with Gasteiger partial charge in [0.25, 0.3) is 0 Å². The highest BCUT2D eigenvalue weighted by Gasteiger charge is 2.33. The molecular formula is C22H25FN3O3. The van der Waals surface area contributed by atoms with E-state index in [4.69, 9.17) is 0 Å². The summed E-state index contributed by atoms with van der Waals surface area (Å²) in [5.41, 5.74) is 0.0699. The lowest BCUT2D eigenvalue weighted by Crippen LogP contribution is -2.42. The van der Waals surface area contributed by atoms with Gasteiger partial charge in [-0.05, 0) is 64.9 Å². The molecule has 1 saturated heterocycles. The Kier molecular flexibility index (Phi) is 6.37. The molecule has 2 aromatic heterocycles. The molecule has 1 aliphatic rings. The van der Waals surface area contributed by atoms with Crippen LogP contribution in [0.4, 0.5) is 4.39 Å². The van der Waals surface area contributed by atoms with Gasteiger partial charge in [-0.25, -0.2) is 9.37 Å². The van der Waals surface area contributed by atoms with E-state index in [0.29, 0.717) is 18.9 Å². The third-order valence-corrected chi connectivity index (χ3v) is 5.58. The highest BCUT2D eigenvalue weighted by Crippen LogP contribution is 2.28. The third-order valence-electron chi connectivity index (χ3n) is 5.58. The Labute approximate surface area is 169 Å². The number of aromatic nitrogens is 2. The molecule has 6 nitrogen and oxygen atoms in total. The quantitative estimate of drug-likeness (QED) is 0.594. The van der Waals surface area contributed by atoms with E-state index in [-0.39, 0.29) is 34.4 Å². The van der Waals surface area contributed by atoms with Crippen LogP contribution in [0.1, 0.15) is 44.1 Å². The fraction of sp³-hybridized carbons (Fsp3) is 0.455. The fourth-order valence-electron chi connectivity index (χ4n) is 3.71. The Morgan fingerprint density at radius 2 is 1.90 bits per heavy atom. The summed E-state index contributed by atoms with van der Waals surface area (Å²) in [6.45, 7) is 7.45. The smallest absolute Gasteiger partial charge is 0.195 e. The SMILES string of the molecule is CC(C(=O)c1nc(-c2ccn[c]c2F)ccc1O)C(=O)C1CCN(C(C)C)CC1. The molecule has 0 spiro atoms. The van der Waals surface area contributed by atoms with Crippen LogP contribution in [0.25, 0.3) is 11.3 Å². The molecule has 29 heavy (non-hydrogen) atoms. The maximum Gasteiger partial charge on any atom is 0.195 e. The molecule has 0 amide bonds. The largest absolute Gasteiger partial charge is 0.506 e. The van der Waals surface area contributed by atoms with Gasteiger partial charge in [-0.2, -0.15) is 0 Å². The minimum atomic E-state index is -0.923. The van der Waals surface area contributed by atoms with Gasteiger partial charge in [0.15, 0.2) is 11.6 Å². The van der Waals surface area contributed by atoms with Gasteiger partial charge in [-0.3, -0.25) is 14.6 Å². The van der Waals surface area contributed by atoms with Crippen LogP contribution in [-0.4, -0.2) is 50.7 Å². The van der Waals surface area contributed by atoms with Crippen molar-refractivity contribution in [3.05, 3.63) is 42.1 Å². The number of ketones is 2. The zero-order valence-electron chi connectivity index (χ0n) is 16.9. The lowest BCUT2D eigenvalue weighted by molar-refractivity contribution is -0.126. The summed E-state index contributed by atoms with van der Waals surface area (Å²) < 4.78 is 14.0. The van der Waals surface area contributed by atoms with Crippen molar-refractivity contribution in [1.82, 2.24) is 14.9 Å². The number of carbonyl (C=O) groups is 2. The first-order valence-electron chi connectivity index (χ1n) is 9.84. The summed E-state index contributed by atoms with van der Waals surface area (Å²) in [6.07, 6.45) is 4.99. The zero-order chi connectivity index (χ0) is 21.1. The molecule has 0 saturated carbocycles. The van der Waals surface area contributed by atoms with Crippen LogP contribution < -0.4 is 0 Å². The Morgan fingerprint density at radius 1 is 1.21 bits per heavy atom. The number of hydrogen-bond acceptors (Lipinski definition) is 6. The standard InChI is InChI=1S/C22H25FN3O3/c1-13(2)26-10-7-15(8-11-26)21(28)14(3)22(29)20-19(27)5-4-18(25-20)16-6-9-24-12-17(16)23/h4-6,9,13-15,27H,7-8,10-11H2,1-3H3. The first-order chi connectivity index (χ1) is 13.8. The molecule has 1 unspecified atom stereocenters. The van der Waals surface area contributed by atoms with Crippen LogP contribution in [-0.2, 0) is 4.79 Å². The lowest BCUT2D eigenvalue weighted by Gasteiger charge is -2.34. The van der Waals surface area contributed by atoms with Gasteiger partial charge < -0.3 is 10.0 Å². The molecule has 1 fully saturated rings. The summed E-state index contributed by atoms with van der Waals surface area (Å²) in [4.78, 5) is 35.8. The van der Waals surface area contributed by atoms with Crippen molar-refractivity contribution >= 4 is 11.6 Å². The first kappa shape index (κ1) is 21.0. The van der Waals surface area contributed by atoms with E-state index < -0.39 is 17.5 Å².